The SMILES string of the molecule is Cc1cc(F)ccc1-n1cc(N)c(-c2ccc(F)cc2)n1. The number of halogens is 2. The van der Waals surface area contributed by atoms with Gasteiger partial charge in [0.05, 0.1) is 17.6 Å². The second-order valence-corrected chi connectivity index (χ2v) is 4.82. The summed E-state index contributed by atoms with van der Waals surface area (Å²) >= 11 is 0. The van der Waals surface area contributed by atoms with Crippen molar-refractivity contribution >= 4 is 5.69 Å². The molecule has 1 aromatic heterocycles. The van der Waals surface area contributed by atoms with Gasteiger partial charge in [-0.25, -0.2) is 13.5 Å². The van der Waals surface area contributed by atoms with Crippen molar-refractivity contribution in [3.63, 3.8) is 0 Å². The maximum Gasteiger partial charge on any atom is 0.123 e. The quantitative estimate of drug-likeness (QED) is 0.780. The van der Waals surface area contributed by atoms with E-state index in [0.717, 1.165) is 16.8 Å². The molecule has 5 heteroatoms. The van der Waals surface area contributed by atoms with Gasteiger partial charge in [-0.2, -0.15) is 5.10 Å². The fourth-order valence-electron chi connectivity index (χ4n) is 2.22. The van der Waals surface area contributed by atoms with E-state index < -0.39 is 0 Å². The zero-order chi connectivity index (χ0) is 15.0. The number of aryl methyl sites for hydroxylation is 1. The lowest BCUT2D eigenvalue weighted by atomic mass is 10.1. The van der Waals surface area contributed by atoms with Gasteiger partial charge in [0.1, 0.15) is 17.3 Å². The van der Waals surface area contributed by atoms with E-state index in [2.05, 4.69) is 5.10 Å². The van der Waals surface area contributed by atoms with Crippen LogP contribution in [0.4, 0.5) is 14.5 Å². The van der Waals surface area contributed by atoms with Crippen LogP contribution in [0.3, 0.4) is 0 Å². The molecule has 3 rings (SSSR count). The molecule has 0 amide bonds. The average Bonchev–Trinajstić information content (AvgIpc) is 2.81. The monoisotopic (exact) mass is 285 g/mol. The largest absolute Gasteiger partial charge is 0.396 e. The van der Waals surface area contributed by atoms with E-state index in [9.17, 15) is 8.78 Å². The average molecular weight is 285 g/mol. The molecular formula is C16H13F2N3. The fraction of sp³-hybridized carbons (Fsp3) is 0.0625. The van der Waals surface area contributed by atoms with Gasteiger partial charge in [-0.3, -0.25) is 0 Å². The van der Waals surface area contributed by atoms with E-state index in [0.29, 0.717) is 11.4 Å². The van der Waals surface area contributed by atoms with Crippen LogP contribution in [0.25, 0.3) is 16.9 Å². The van der Waals surface area contributed by atoms with Crippen LogP contribution in [0.5, 0.6) is 0 Å². The van der Waals surface area contributed by atoms with Crippen LogP contribution in [0.15, 0.2) is 48.7 Å². The van der Waals surface area contributed by atoms with E-state index in [1.54, 1.807) is 36.0 Å². The zero-order valence-corrected chi connectivity index (χ0v) is 11.3. The number of rotatable bonds is 2. The minimum absolute atomic E-state index is 0.296. The summed E-state index contributed by atoms with van der Waals surface area (Å²) in [7, 11) is 0. The number of anilines is 1. The molecule has 0 aliphatic heterocycles. The Morgan fingerprint density at radius 2 is 1.67 bits per heavy atom. The number of nitrogens with zero attached hydrogens (tertiary/aromatic N) is 2. The molecule has 1 heterocycles. The van der Waals surface area contributed by atoms with Crippen LogP contribution in [0.2, 0.25) is 0 Å². The molecule has 0 unspecified atom stereocenters. The molecule has 0 saturated heterocycles. The third-order valence-electron chi connectivity index (χ3n) is 3.27. The number of nitrogens with two attached hydrogens (primary N) is 1. The summed E-state index contributed by atoms with van der Waals surface area (Å²) in [5, 5.41) is 4.42. The highest BCUT2D eigenvalue weighted by Gasteiger charge is 2.11. The first kappa shape index (κ1) is 13.3. The van der Waals surface area contributed by atoms with Crippen molar-refractivity contribution in [3.05, 3.63) is 65.9 Å². The lowest BCUT2D eigenvalue weighted by molar-refractivity contribution is 0.625. The van der Waals surface area contributed by atoms with Crippen LogP contribution in [-0.2, 0) is 0 Å². The molecule has 3 nitrogen and oxygen atoms in total. The Morgan fingerprint density at radius 1 is 1.00 bits per heavy atom. The number of aromatic nitrogens is 2. The predicted octanol–water partition coefficient (Wildman–Crippen LogP) is 3.71. The van der Waals surface area contributed by atoms with Crippen molar-refractivity contribution in [1.29, 1.82) is 0 Å². The Morgan fingerprint density at radius 3 is 2.33 bits per heavy atom. The topological polar surface area (TPSA) is 43.8 Å². The van der Waals surface area contributed by atoms with Crippen molar-refractivity contribution in [2.45, 2.75) is 6.92 Å². The van der Waals surface area contributed by atoms with Gasteiger partial charge in [0.25, 0.3) is 0 Å². The minimum atomic E-state index is -0.314. The molecule has 2 aromatic carbocycles. The Balaban J connectivity index is 2.07. The number of nitrogen functional groups attached to an aromatic ring is 1. The molecule has 0 aliphatic rings. The molecule has 0 fully saturated rings. The second-order valence-electron chi connectivity index (χ2n) is 4.82. The van der Waals surface area contributed by atoms with Gasteiger partial charge in [-0.1, -0.05) is 0 Å². The van der Waals surface area contributed by atoms with E-state index >= 15 is 0 Å². The van der Waals surface area contributed by atoms with Crippen molar-refractivity contribution in [2.24, 2.45) is 0 Å². The molecular weight excluding hydrogens is 272 g/mol. The van der Waals surface area contributed by atoms with Crippen LogP contribution in [-0.4, -0.2) is 9.78 Å². The maximum absolute atomic E-state index is 13.2. The van der Waals surface area contributed by atoms with Crippen molar-refractivity contribution in [2.75, 3.05) is 5.73 Å². The van der Waals surface area contributed by atoms with Gasteiger partial charge in [0.15, 0.2) is 0 Å². The van der Waals surface area contributed by atoms with Gasteiger partial charge in [0.2, 0.25) is 0 Å². The van der Waals surface area contributed by atoms with Crippen LogP contribution in [0, 0.1) is 18.6 Å². The van der Waals surface area contributed by atoms with Gasteiger partial charge in [-0.15, -0.1) is 0 Å². The van der Waals surface area contributed by atoms with Crippen LogP contribution < -0.4 is 5.73 Å². The second kappa shape index (κ2) is 5.01. The Kier molecular flexibility index (Phi) is 3.17. The standard InChI is InChI=1S/C16H13F2N3/c1-10-8-13(18)6-7-15(10)21-9-14(19)16(20-21)11-2-4-12(17)5-3-11/h2-9H,19H2,1H3. The van der Waals surface area contributed by atoms with Crippen molar-refractivity contribution in [1.82, 2.24) is 9.78 Å². The third kappa shape index (κ3) is 2.50. The van der Waals surface area contributed by atoms with Crippen LogP contribution in [0.1, 0.15) is 5.56 Å². The Hall–Kier alpha value is -2.69. The Labute approximate surface area is 120 Å². The third-order valence-corrected chi connectivity index (χ3v) is 3.27. The summed E-state index contributed by atoms with van der Waals surface area (Å²) in [6.45, 7) is 1.80. The minimum Gasteiger partial charge on any atom is -0.396 e. The predicted molar refractivity (Wildman–Crippen MR) is 78.1 cm³/mol. The maximum atomic E-state index is 13.2. The summed E-state index contributed by atoms with van der Waals surface area (Å²) in [6.07, 6.45) is 1.67. The first-order valence-corrected chi connectivity index (χ1v) is 6.42. The highest BCUT2D eigenvalue weighted by Crippen LogP contribution is 2.26. The Bertz CT molecular complexity index is 792. The van der Waals surface area contributed by atoms with E-state index in [4.69, 9.17) is 5.73 Å². The molecule has 0 bridgehead atoms. The molecule has 0 aliphatic carbocycles. The highest BCUT2D eigenvalue weighted by molar-refractivity contribution is 5.72. The van der Waals surface area contributed by atoms with Crippen molar-refractivity contribution in [3.8, 4) is 16.9 Å². The summed E-state index contributed by atoms with van der Waals surface area (Å²) in [5.74, 6) is -0.610. The van der Waals surface area contributed by atoms with E-state index in [1.807, 2.05) is 0 Å². The molecule has 0 atom stereocenters. The summed E-state index contributed by atoms with van der Waals surface area (Å²) in [4.78, 5) is 0. The van der Waals surface area contributed by atoms with Crippen LogP contribution >= 0.6 is 0 Å². The van der Waals surface area contributed by atoms with Gasteiger partial charge >= 0.3 is 0 Å². The van der Waals surface area contributed by atoms with Crippen molar-refractivity contribution < 1.29 is 8.78 Å². The smallest absolute Gasteiger partial charge is 0.123 e. The number of hydrogen-bond acceptors (Lipinski definition) is 2. The lowest BCUT2D eigenvalue weighted by Crippen LogP contribution is -1.98. The number of benzene rings is 2. The first-order valence-electron chi connectivity index (χ1n) is 6.42. The van der Waals surface area contributed by atoms with Gasteiger partial charge < -0.3 is 5.73 Å². The normalized spacial score (nSPS) is 10.8. The molecule has 0 saturated carbocycles. The zero-order valence-electron chi connectivity index (χ0n) is 11.3. The fourth-order valence-corrected chi connectivity index (χ4v) is 2.22. The molecule has 2 N–H and O–H groups in total. The lowest BCUT2D eigenvalue weighted by Gasteiger charge is -2.05. The summed E-state index contributed by atoms with van der Waals surface area (Å²) in [6, 6.07) is 10.4. The molecule has 21 heavy (non-hydrogen) atoms. The molecule has 3 aromatic rings. The first-order chi connectivity index (χ1) is 10.0. The van der Waals surface area contributed by atoms with E-state index in [1.165, 1.54) is 24.3 Å². The van der Waals surface area contributed by atoms with Gasteiger partial charge in [-0.05, 0) is 55.0 Å². The molecule has 0 radical (unpaired) electrons. The summed E-state index contributed by atoms with van der Waals surface area (Å²) < 4.78 is 27.7. The summed E-state index contributed by atoms with van der Waals surface area (Å²) in [5.41, 5.74) is 9.25. The van der Waals surface area contributed by atoms with Gasteiger partial charge in [0, 0.05) is 5.56 Å². The van der Waals surface area contributed by atoms with E-state index in [-0.39, 0.29) is 11.6 Å². The number of hydrogen-bond donors (Lipinski definition) is 1. The highest BCUT2D eigenvalue weighted by atomic mass is 19.1. The molecule has 106 valence electrons. The molecule has 0 spiro atoms.